The highest BCUT2D eigenvalue weighted by Gasteiger charge is 2.43. The molecule has 7 heteroatoms. The first-order chi connectivity index (χ1) is 24.9. The molecule has 1 unspecified atom stereocenters. The molecule has 0 spiro atoms. The van der Waals surface area contributed by atoms with Crippen LogP contribution in [0.1, 0.15) is 83.8 Å². The van der Waals surface area contributed by atoms with E-state index in [1.165, 1.54) is 33.8 Å². The monoisotopic (exact) mass is 719 g/mol. The first kappa shape index (κ1) is 37.3. The molecule has 272 valence electrons. The van der Waals surface area contributed by atoms with Gasteiger partial charge in [-0.25, -0.2) is 0 Å². The molecule has 1 aliphatic carbocycles. The summed E-state index contributed by atoms with van der Waals surface area (Å²) in [6.45, 7) is 9.89. The van der Waals surface area contributed by atoms with E-state index in [-0.39, 0.29) is 22.7 Å². The number of unbranched alkanes of at least 4 members (excludes halogenated alkanes) is 2. The summed E-state index contributed by atoms with van der Waals surface area (Å²) in [7, 11) is 5.57. The molecule has 3 aliphatic rings. The molecular formula is C45H52ClN2O4+. The number of para-hydroxylation sites is 1. The molecule has 0 saturated carbocycles. The van der Waals surface area contributed by atoms with E-state index in [4.69, 9.17) is 25.8 Å². The maximum absolute atomic E-state index is 12.4. The average molecular weight is 720 g/mol. The average Bonchev–Trinajstić information content (AvgIpc) is 3.47. The van der Waals surface area contributed by atoms with Gasteiger partial charge in [0.1, 0.15) is 24.3 Å². The normalized spacial score (nSPS) is 18.7. The number of nitrogens with zero attached hydrogens (tertiary/aromatic N) is 2. The van der Waals surface area contributed by atoms with Crippen LogP contribution in [0.4, 0.5) is 11.4 Å². The number of allylic oxidation sites excluding steroid dienone is 5. The summed E-state index contributed by atoms with van der Waals surface area (Å²) in [6.07, 6.45) is 12.7. The van der Waals surface area contributed by atoms with Gasteiger partial charge in [-0.2, -0.15) is 4.58 Å². The number of esters is 1. The van der Waals surface area contributed by atoms with Gasteiger partial charge >= 0.3 is 5.97 Å². The molecule has 0 fully saturated rings. The number of benzene rings is 3. The minimum absolute atomic E-state index is 0.0925. The van der Waals surface area contributed by atoms with Gasteiger partial charge in [-0.15, -0.1) is 5.73 Å². The van der Waals surface area contributed by atoms with Crippen LogP contribution in [0, 0.1) is 5.92 Å². The lowest BCUT2D eigenvalue weighted by Gasteiger charge is -2.26. The van der Waals surface area contributed by atoms with Gasteiger partial charge in [0, 0.05) is 52.7 Å². The van der Waals surface area contributed by atoms with Crippen molar-refractivity contribution in [3.8, 4) is 17.2 Å². The molecule has 6 nitrogen and oxygen atoms in total. The molecule has 2 aliphatic heterocycles. The van der Waals surface area contributed by atoms with E-state index in [1.54, 1.807) is 26.4 Å². The van der Waals surface area contributed by atoms with Gasteiger partial charge in [0.2, 0.25) is 5.69 Å². The third-order valence-electron chi connectivity index (χ3n) is 11.0. The van der Waals surface area contributed by atoms with Crippen molar-refractivity contribution in [3.63, 3.8) is 0 Å². The summed E-state index contributed by atoms with van der Waals surface area (Å²) in [5, 5.41) is 0.901. The Bertz CT molecular complexity index is 1980. The SMILES string of the molecule is COc1ccc2c(c1)C(C)(C)C(=C=CC1CCCC(/C=C/C3=[N+](C)c4ccc(OC)cc4C3(C)C)=C1Cl)N2CCCCCC(=O)Oc1ccccc1. The van der Waals surface area contributed by atoms with E-state index in [9.17, 15) is 4.79 Å². The number of anilines is 1. The molecule has 52 heavy (non-hydrogen) atoms. The molecule has 0 aromatic heterocycles. The van der Waals surface area contributed by atoms with Crippen LogP contribution in [0.5, 0.6) is 17.2 Å². The molecule has 1 atom stereocenters. The topological polar surface area (TPSA) is 51.0 Å². The van der Waals surface area contributed by atoms with Gasteiger partial charge in [0.15, 0.2) is 5.71 Å². The largest absolute Gasteiger partial charge is 0.497 e. The fourth-order valence-electron chi connectivity index (χ4n) is 7.96. The highest BCUT2D eigenvalue weighted by atomic mass is 35.5. The maximum atomic E-state index is 12.4. The molecule has 0 saturated heterocycles. The number of rotatable bonds is 12. The Hall–Kier alpha value is -4.51. The number of halogens is 1. The summed E-state index contributed by atoms with van der Waals surface area (Å²) < 4.78 is 18.9. The molecule has 6 rings (SSSR count). The Labute approximate surface area is 314 Å². The third kappa shape index (κ3) is 7.51. The number of carbonyl (C=O) groups is 1. The molecule has 0 bridgehead atoms. The standard InChI is InChI=1S/C45H52ClN2O4/c1-44(2)36-29-34(50-6)22-24-38(36)47(5)40(44)26-20-31-15-14-16-32(43(31)46)21-27-41-45(3,4)37-30-35(51-7)23-25-39(37)48(41)28-13-9-12-19-42(49)52-33-17-10-8-11-18-33/h8,10-11,17-18,20-26,29-30,32H,9,12-16,19,28H2,1-7H3/q+1/b26-20+. The van der Waals surface area contributed by atoms with Crippen LogP contribution in [0.25, 0.3) is 0 Å². The van der Waals surface area contributed by atoms with E-state index >= 15 is 0 Å². The number of ether oxygens (including phenoxy) is 3. The molecular weight excluding hydrogens is 668 g/mol. The van der Waals surface area contributed by atoms with Crippen LogP contribution in [0.3, 0.4) is 0 Å². The van der Waals surface area contributed by atoms with E-state index < -0.39 is 0 Å². The van der Waals surface area contributed by atoms with Gasteiger partial charge < -0.3 is 19.1 Å². The second-order valence-electron chi connectivity index (χ2n) is 15.1. The summed E-state index contributed by atoms with van der Waals surface area (Å²) in [6, 6.07) is 21.9. The van der Waals surface area contributed by atoms with Crippen LogP contribution in [-0.2, 0) is 15.6 Å². The fraction of sp³-hybridized carbons (Fsp3) is 0.400. The second kappa shape index (κ2) is 15.6. The third-order valence-corrected chi connectivity index (χ3v) is 11.5. The fourth-order valence-corrected chi connectivity index (χ4v) is 8.29. The van der Waals surface area contributed by atoms with Crippen molar-refractivity contribution in [1.29, 1.82) is 0 Å². The van der Waals surface area contributed by atoms with E-state index in [1.807, 2.05) is 30.3 Å². The first-order valence-electron chi connectivity index (χ1n) is 18.5. The quantitative estimate of drug-likeness (QED) is 0.0613. The second-order valence-corrected chi connectivity index (χ2v) is 15.5. The molecule has 0 N–H and O–H groups in total. The number of hydrogen-bond acceptors (Lipinski definition) is 5. The highest BCUT2D eigenvalue weighted by Crippen LogP contribution is 2.49. The van der Waals surface area contributed by atoms with Crippen molar-refractivity contribution in [2.75, 3.05) is 32.7 Å². The van der Waals surface area contributed by atoms with Crippen LogP contribution in [0.15, 0.2) is 107 Å². The highest BCUT2D eigenvalue weighted by molar-refractivity contribution is 6.30. The molecule has 3 aromatic rings. The number of fused-ring (bicyclic) bond motifs is 2. The van der Waals surface area contributed by atoms with Crippen LogP contribution in [-0.4, -0.2) is 44.1 Å². The van der Waals surface area contributed by atoms with Crippen molar-refractivity contribution in [1.82, 2.24) is 0 Å². The van der Waals surface area contributed by atoms with Crippen LogP contribution in [0.2, 0.25) is 0 Å². The summed E-state index contributed by atoms with van der Waals surface area (Å²) in [5.41, 5.74) is 11.8. The molecule has 0 radical (unpaired) electrons. The lowest BCUT2D eigenvalue weighted by Crippen LogP contribution is -2.26. The minimum Gasteiger partial charge on any atom is -0.497 e. The predicted octanol–water partition coefficient (Wildman–Crippen LogP) is 10.6. The van der Waals surface area contributed by atoms with E-state index in [0.29, 0.717) is 12.2 Å². The van der Waals surface area contributed by atoms with Crippen molar-refractivity contribution in [2.45, 2.75) is 83.5 Å². The van der Waals surface area contributed by atoms with Gasteiger partial charge in [-0.3, -0.25) is 4.79 Å². The van der Waals surface area contributed by atoms with Gasteiger partial charge in [-0.1, -0.05) is 42.3 Å². The van der Waals surface area contributed by atoms with Crippen molar-refractivity contribution < 1.29 is 23.6 Å². The minimum atomic E-state index is -0.277. The zero-order chi connectivity index (χ0) is 37.0. The lowest BCUT2D eigenvalue weighted by atomic mass is 9.81. The Balaban J connectivity index is 1.21. The number of carbonyl (C=O) groups excluding carboxylic acids is 1. The van der Waals surface area contributed by atoms with Gasteiger partial charge in [0.05, 0.1) is 25.3 Å². The smallest absolute Gasteiger partial charge is 0.311 e. The Morgan fingerprint density at radius 3 is 2.35 bits per heavy atom. The Morgan fingerprint density at radius 2 is 1.62 bits per heavy atom. The molecule has 0 amide bonds. The van der Waals surface area contributed by atoms with Gasteiger partial charge in [-0.05, 0) is 119 Å². The zero-order valence-electron chi connectivity index (χ0n) is 31.7. The Kier molecular flexibility index (Phi) is 11.2. The number of methoxy groups -OCH3 is 2. The van der Waals surface area contributed by atoms with Crippen molar-refractivity contribution in [2.24, 2.45) is 5.92 Å². The predicted molar refractivity (Wildman–Crippen MR) is 212 cm³/mol. The van der Waals surface area contributed by atoms with E-state index in [0.717, 1.165) is 67.3 Å². The Morgan fingerprint density at radius 1 is 0.904 bits per heavy atom. The van der Waals surface area contributed by atoms with Crippen LogP contribution >= 0.6 is 11.6 Å². The summed E-state index contributed by atoms with van der Waals surface area (Å²) >= 11 is 7.23. The summed E-state index contributed by atoms with van der Waals surface area (Å²) in [5.74, 6) is 2.21. The van der Waals surface area contributed by atoms with E-state index in [2.05, 4.69) is 92.4 Å². The number of hydrogen-bond donors (Lipinski definition) is 0. The van der Waals surface area contributed by atoms with Crippen molar-refractivity contribution >= 4 is 34.7 Å². The zero-order valence-corrected chi connectivity index (χ0v) is 32.5. The summed E-state index contributed by atoms with van der Waals surface area (Å²) in [4.78, 5) is 14.8. The van der Waals surface area contributed by atoms with Crippen molar-refractivity contribution in [3.05, 3.63) is 118 Å². The molecule has 3 aromatic carbocycles. The lowest BCUT2D eigenvalue weighted by molar-refractivity contribution is -0.401. The molecule has 2 heterocycles. The maximum Gasteiger partial charge on any atom is 0.311 e. The van der Waals surface area contributed by atoms with Gasteiger partial charge in [0.25, 0.3) is 0 Å². The van der Waals surface area contributed by atoms with Crippen LogP contribution < -0.4 is 19.1 Å². The first-order valence-corrected chi connectivity index (χ1v) is 18.9.